The minimum Gasteiger partial charge on any atom is -0.484 e. The normalized spacial score (nSPS) is 16.4. The van der Waals surface area contributed by atoms with E-state index in [1.165, 1.54) is 24.4 Å². The average molecular weight is 299 g/mol. The summed E-state index contributed by atoms with van der Waals surface area (Å²) in [5, 5.41) is 1.03. The van der Waals surface area contributed by atoms with Gasteiger partial charge in [-0.25, -0.2) is 0 Å². The molecule has 1 heterocycles. The summed E-state index contributed by atoms with van der Waals surface area (Å²) in [5.74, 6) is 1.99. The minimum atomic E-state index is 0.0907. The molecule has 0 radical (unpaired) electrons. The van der Waals surface area contributed by atoms with E-state index in [4.69, 9.17) is 15.2 Å². The number of anilines is 2. The second-order valence-corrected chi connectivity index (χ2v) is 6.38. The molecule has 6 heteroatoms. The van der Waals surface area contributed by atoms with Gasteiger partial charge in [0.25, 0.3) is 0 Å². The summed E-state index contributed by atoms with van der Waals surface area (Å²) in [6, 6.07) is 0.472. The van der Waals surface area contributed by atoms with Gasteiger partial charge in [0.05, 0.1) is 12.7 Å². The minimum absolute atomic E-state index is 0.0907. The van der Waals surface area contributed by atoms with Crippen LogP contribution in [0.1, 0.15) is 33.6 Å². The lowest BCUT2D eigenvalue weighted by Gasteiger charge is -2.30. The van der Waals surface area contributed by atoms with Gasteiger partial charge < -0.3 is 20.1 Å². The van der Waals surface area contributed by atoms with Crippen molar-refractivity contribution in [3.05, 3.63) is 0 Å². The Bertz CT molecular complexity index is 432. The molecular formula is C14H25N3O2S. The van der Waals surface area contributed by atoms with E-state index < -0.39 is 0 Å². The van der Waals surface area contributed by atoms with Crippen LogP contribution in [0.15, 0.2) is 0 Å². The zero-order chi connectivity index (χ0) is 14.7. The Kier molecular flexibility index (Phi) is 5.10. The molecule has 5 nitrogen and oxygen atoms in total. The Morgan fingerprint density at radius 1 is 1.40 bits per heavy atom. The van der Waals surface area contributed by atoms with E-state index in [1.807, 2.05) is 13.8 Å². The largest absolute Gasteiger partial charge is 0.484 e. The highest BCUT2D eigenvalue weighted by atomic mass is 32.1. The van der Waals surface area contributed by atoms with Gasteiger partial charge in [0.1, 0.15) is 0 Å². The molecule has 0 amide bonds. The maximum Gasteiger partial charge on any atom is 0.198 e. The van der Waals surface area contributed by atoms with Crippen molar-refractivity contribution in [3.63, 3.8) is 0 Å². The molecule has 1 atom stereocenters. The quantitative estimate of drug-likeness (QED) is 0.800. The molecule has 1 unspecified atom stereocenters. The molecule has 1 aromatic rings. The second-order valence-electron chi connectivity index (χ2n) is 5.63. The molecule has 0 aromatic carbocycles. The van der Waals surface area contributed by atoms with Gasteiger partial charge in [0.2, 0.25) is 0 Å². The van der Waals surface area contributed by atoms with Gasteiger partial charge in [-0.05, 0) is 51.1 Å². The number of nitrogens with zero attached hydrogens (tertiary/aromatic N) is 2. The van der Waals surface area contributed by atoms with E-state index in [9.17, 15) is 0 Å². The Morgan fingerprint density at radius 3 is 2.65 bits per heavy atom. The Hall–Kier alpha value is -1.01. The molecule has 1 aliphatic carbocycles. The van der Waals surface area contributed by atoms with Crippen molar-refractivity contribution in [1.82, 2.24) is 4.37 Å². The fourth-order valence-corrected chi connectivity index (χ4v) is 3.19. The van der Waals surface area contributed by atoms with Crippen LogP contribution in [0, 0.1) is 5.92 Å². The number of rotatable bonds is 8. The van der Waals surface area contributed by atoms with E-state index in [2.05, 4.69) is 16.2 Å². The van der Waals surface area contributed by atoms with Gasteiger partial charge in [0, 0.05) is 19.7 Å². The number of ether oxygens (including phenoxy) is 2. The number of methoxy groups -OCH3 is 1. The van der Waals surface area contributed by atoms with E-state index in [-0.39, 0.29) is 6.10 Å². The van der Waals surface area contributed by atoms with Crippen LogP contribution in [0.2, 0.25) is 0 Å². The Morgan fingerprint density at radius 2 is 2.10 bits per heavy atom. The molecule has 1 aliphatic rings. The van der Waals surface area contributed by atoms with Crippen LogP contribution in [0.5, 0.6) is 5.75 Å². The zero-order valence-electron chi connectivity index (χ0n) is 12.8. The number of nitrogen functional groups attached to an aromatic ring is 1. The van der Waals surface area contributed by atoms with Crippen molar-refractivity contribution in [2.24, 2.45) is 5.92 Å². The Balaban J connectivity index is 2.22. The third kappa shape index (κ3) is 3.55. The molecule has 20 heavy (non-hydrogen) atoms. The summed E-state index contributed by atoms with van der Waals surface area (Å²) in [6.45, 7) is 7.80. The van der Waals surface area contributed by atoms with Crippen LogP contribution in [0.25, 0.3) is 0 Å². The highest BCUT2D eigenvalue weighted by molar-refractivity contribution is 7.11. The summed E-state index contributed by atoms with van der Waals surface area (Å²) >= 11 is 1.42. The van der Waals surface area contributed by atoms with E-state index in [0.29, 0.717) is 18.5 Å². The van der Waals surface area contributed by atoms with Crippen molar-refractivity contribution in [1.29, 1.82) is 0 Å². The summed E-state index contributed by atoms with van der Waals surface area (Å²) < 4.78 is 15.4. The number of nitrogens with two attached hydrogens (primary N) is 1. The van der Waals surface area contributed by atoms with Crippen molar-refractivity contribution in [3.8, 4) is 5.75 Å². The van der Waals surface area contributed by atoms with Gasteiger partial charge in [-0.1, -0.05) is 0 Å². The summed E-state index contributed by atoms with van der Waals surface area (Å²) in [4.78, 5) is 2.34. The lowest BCUT2D eigenvalue weighted by Crippen LogP contribution is -2.37. The summed E-state index contributed by atoms with van der Waals surface area (Å²) in [7, 11) is 1.73. The van der Waals surface area contributed by atoms with Crippen LogP contribution < -0.4 is 15.4 Å². The van der Waals surface area contributed by atoms with Crippen molar-refractivity contribution in [2.45, 2.75) is 45.8 Å². The summed E-state index contributed by atoms with van der Waals surface area (Å²) in [5.41, 5.74) is 5.96. The van der Waals surface area contributed by atoms with Crippen molar-refractivity contribution < 1.29 is 9.47 Å². The SMILES string of the molecule is COCCN(c1snc(N)c1OC(C)C)C(C)C1CC1. The molecule has 0 saturated heterocycles. The zero-order valence-corrected chi connectivity index (χ0v) is 13.6. The number of aromatic nitrogens is 1. The van der Waals surface area contributed by atoms with Crippen LogP contribution in [0.3, 0.4) is 0 Å². The second kappa shape index (κ2) is 6.63. The lowest BCUT2D eigenvalue weighted by molar-refractivity contribution is 0.202. The highest BCUT2D eigenvalue weighted by Gasteiger charge is 2.34. The topological polar surface area (TPSA) is 60.6 Å². The van der Waals surface area contributed by atoms with Crippen molar-refractivity contribution in [2.75, 3.05) is 30.9 Å². The fourth-order valence-electron chi connectivity index (χ4n) is 2.33. The molecule has 1 saturated carbocycles. The van der Waals surface area contributed by atoms with E-state index in [0.717, 1.165) is 23.2 Å². The first kappa shape index (κ1) is 15.4. The summed E-state index contributed by atoms with van der Waals surface area (Å²) in [6.07, 6.45) is 2.70. The molecule has 1 fully saturated rings. The number of hydrogen-bond donors (Lipinski definition) is 1. The standard InChI is InChI=1S/C14H25N3O2S/c1-9(2)19-12-13(15)16-20-14(12)17(7-8-18-4)10(3)11-5-6-11/h9-11H,5-8H2,1-4H3,(H2,15,16). The average Bonchev–Trinajstić information content (AvgIpc) is 3.18. The van der Waals surface area contributed by atoms with Gasteiger partial charge in [-0.15, -0.1) is 0 Å². The number of hydrogen-bond acceptors (Lipinski definition) is 6. The molecule has 0 spiro atoms. The first-order valence-electron chi connectivity index (χ1n) is 7.22. The molecule has 0 bridgehead atoms. The third-order valence-electron chi connectivity index (χ3n) is 3.60. The Labute approximate surface area is 125 Å². The molecule has 2 N–H and O–H groups in total. The van der Waals surface area contributed by atoms with Crippen molar-refractivity contribution >= 4 is 22.4 Å². The molecule has 2 rings (SSSR count). The van der Waals surface area contributed by atoms with Gasteiger partial charge in [-0.2, -0.15) is 4.37 Å². The monoisotopic (exact) mass is 299 g/mol. The fraction of sp³-hybridized carbons (Fsp3) is 0.786. The van der Waals surface area contributed by atoms with Gasteiger partial charge in [0.15, 0.2) is 16.6 Å². The first-order valence-corrected chi connectivity index (χ1v) is 7.99. The maximum absolute atomic E-state index is 5.96. The smallest absolute Gasteiger partial charge is 0.198 e. The maximum atomic E-state index is 5.96. The van der Waals surface area contributed by atoms with Crippen LogP contribution in [-0.4, -0.2) is 36.8 Å². The molecular weight excluding hydrogens is 274 g/mol. The molecule has 1 aromatic heterocycles. The van der Waals surface area contributed by atoms with Gasteiger partial charge in [-0.3, -0.25) is 0 Å². The highest BCUT2D eigenvalue weighted by Crippen LogP contribution is 2.43. The third-order valence-corrected chi connectivity index (χ3v) is 4.48. The predicted molar refractivity (Wildman–Crippen MR) is 83.7 cm³/mol. The van der Waals surface area contributed by atoms with Crippen LogP contribution in [0.4, 0.5) is 10.8 Å². The molecule has 114 valence electrons. The lowest BCUT2D eigenvalue weighted by atomic mass is 10.2. The van der Waals surface area contributed by atoms with Gasteiger partial charge >= 0.3 is 0 Å². The molecule has 0 aliphatic heterocycles. The predicted octanol–water partition coefficient (Wildman–Crippen LogP) is 2.76. The van der Waals surface area contributed by atoms with Crippen LogP contribution in [-0.2, 0) is 4.74 Å². The van der Waals surface area contributed by atoms with E-state index >= 15 is 0 Å². The van der Waals surface area contributed by atoms with Crippen LogP contribution >= 0.6 is 11.5 Å². The first-order chi connectivity index (χ1) is 9.54. The van der Waals surface area contributed by atoms with E-state index in [1.54, 1.807) is 7.11 Å².